The molecule has 0 bridgehead atoms. The minimum Gasteiger partial charge on any atom is -0.463 e. The van der Waals surface area contributed by atoms with Gasteiger partial charge >= 0.3 is 5.97 Å². The maximum atomic E-state index is 11.4. The van der Waals surface area contributed by atoms with Crippen LogP contribution in [0.2, 0.25) is 0 Å². The molecule has 0 spiro atoms. The lowest BCUT2D eigenvalue weighted by atomic mass is 9.86. The van der Waals surface area contributed by atoms with E-state index in [0.29, 0.717) is 6.61 Å². The van der Waals surface area contributed by atoms with Gasteiger partial charge in [0.25, 0.3) is 0 Å². The largest absolute Gasteiger partial charge is 0.463 e. The summed E-state index contributed by atoms with van der Waals surface area (Å²) in [5, 5.41) is 1.15. The van der Waals surface area contributed by atoms with Crippen LogP contribution in [0.15, 0.2) is 30.3 Å². The molecule has 116 valence electrons. The van der Waals surface area contributed by atoms with Crippen LogP contribution in [0.1, 0.15) is 44.5 Å². The van der Waals surface area contributed by atoms with Gasteiger partial charge < -0.3 is 4.74 Å². The third kappa shape index (κ3) is 3.73. The Labute approximate surface area is 132 Å². The smallest absolute Gasteiger partial charge is 0.330 e. The number of aryl methyl sites for hydroxylation is 1. The number of ether oxygens (including phenoxy) is 1. The van der Waals surface area contributed by atoms with Crippen molar-refractivity contribution in [1.82, 2.24) is 4.98 Å². The minimum absolute atomic E-state index is 0.114. The molecule has 0 aliphatic heterocycles. The van der Waals surface area contributed by atoms with Crippen molar-refractivity contribution >= 4 is 22.9 Å². The fraction of sp³-hybridized carbons (Fsp3) is 0.368. The summed E-state index contributed by atoms with van der Waals surface area (Å²) < 4.78 is 4.88. The molecule has 2 aromatic rings. The molecule has 0 aliphatic rings. The normalized spacial score (nSPS) is 12.0. The maximum absolute atomic E-state index is 11.4. The maximum Gasteiger partial charge on any atom is 0.330 e. The Morgan fingerprint density at radius 3 is 2.64 bits per heavy atom. The molecule has 0 unspecified atom stereocenters. The van der Waals surface area contributed by atoms with Crippen molar-refractivity contribution < 1.29 is 9.53 Å². The summed E-state index contributed by atoms with van der Waals surface area (Å²) in [7, 11) is 0. The molecule has 0 atom stereocenters. The van der Waals surface area contributed by atoms with E-state index >= 15 is 0 Å². The van der Waals surface area contributed by atoms with Crippen molar-refractivity contribution in [3.8, 4) is 0 Å². The first-order valence-corrected chi connectivity index (χ1v) is 7.58. The van der Waals surface area contributed by atoms with Crippen LogP contribution >= 0.6 is 0 Å². The third-order valence-electron chi connectivity index (χ3n) is 3.58. The predicted molar refractivity (Wildman–Crippen MR) is 90.8 cm³/mol. The molecule has 1 aromatic heterocycles. The predicted octanol–water partition coefficient (Wildman–Crippen LogP) is 4.42. The van der Waals surface area contributed by atoms with E-state index in [1.54, 1.807) is 13.0 Å². The molecule has 1 aromatic carbocycles. The van der Waals surface area contributed by atoms with Gasteiger partial charge in [-0.15, -0.1) is 0 Å². The number of hydrogen-bond acceptors (Lipinski definition) is 3. The average molecular weight is 297 g/mol. The zero-order valence-corrected chi connectivity index (χ0v) is 13.9. The van der Waals surface area contributed by atoms with E-state index in [4.69, 9.17) is 4.74 Å². The van der Waals surface area contributed by atoms with E-state index in [2.05, 4.69) is 44.8 Å². The Bertz CT molecular complexity index is 724. The Balaban J connectivity index is 2.40. The highest BCUT2D eigenvalue weighted by atomic mass is 16.5. The fourth-order valence-electron chi connectivity index (χ4n) is 2.32. The molecule has 2 rings (SSSR count). The number of esters is 1. The van der Waals surface area contributed by atoms with Gasteiger partial charge in [0.1, 0.15) is 0 Å². The molecule has 0 aliphatic carbocycles. The lowest BCUT2D eigenvalue weighted by Gasteiger charge is -2.19. The number of fused-ring (bicyclic) bond motifs is 1. The first-order chi connectivity index (χ1) is 10.3. The van der Waals surface area contributed by atoms with Crippen molar-refractivity contribution in [2.45, 2.75) is 40.0 Å². The van der Waals surface area contributed by atoms with Crippen LogP contribution in [0.5, 0.6) is 0 Å². The summed E-state index contributed by atoms with van der Waals surface area (Å²) in [4.78, 5) is 16.0. The molecule has 0 fully saturated rings. The molecule has 3 heteroatoms. The third-order valence-corrected chi connectivity index (χ3v) is 3.58. The zero-order valence-electron chi connectivity index (χ0n) is 13.9. The van der Waals surface area contributed by atoms with Crippen molar-refractivity contribution in [3.63, 3.8) is 0 Å². The second-order valence-corrected chi connectivity index (χ2v) is 6.43. The van der Waals surface area contributed by atoms with Gasteiger partial charge in [0.05, 0.1) is 17.8 Å². The van der Waals surface area contributed by atoms with E-state index in [1.165, 1.54) is 11.6 Å². The van der Waals surface area contributed by atoms with Crippen LogP contribution in [0, 0.1) is 6.92 Å². The number of carbonyl (C=O) groups is 1. The van der Waals surface area contributed by atoms with Crippen LogP contribution in [0.25, 0.3) is 17.0 Å². The van der Waals surface area contributed by atoms with Crippen LogP contribution in [-0.4, -0.2) is 17.6 Å². The highest BCUT2D eigenvalue weighted by Gasteiger charge is 2.14. The van der Waals surface area contributed by atoms with Gasteiger partial charge in [-0.1, -0.05) is 26.8 Å². The molecule has 3 nitrogen and oxygen atoms in total. The summed E-state index contributed by atoms with van der Waals surface area (Å²) in [6.45, 7) is 10.8. The van der Waals surface area contributed by atoms with Gasteiger partial charge in [0.2, 0.25) is 0 Å². The summed E-state index contributed by atoms with van der Waals surface area (Å²) in [6.07, 6.45) is 3.11. The molecule has 0 saturated heterocycles. The Morgan fingerprint density at radius 1 is 1.27 bits per heavy atom. The SMILES string of the molecule is CCOC(=O)/C=C/c1cc(C)c2cc(C(C)(C)C)ccc2n1. The highest BCUT2D eigenvalue weighted by Crippen LogP contribution is 2.27. The minimum atomic E-state index is -0.342. The quantitative estimate of drug-likeness (QED) is 0.622. The molecule has 0 saturated carbocycles. The Kier molecular flexibility index (Phi) is 4.65. The number of carbonyl (C=O) groups excluding carboxylic acids is 1. The lowest BCUT2D eigenvalue weighted by Crippen LogP contribution is -2.10. The summed E-state index contributed by atoms with van der Waals surface area (Å²) in [6, 6.07) is 8.36. The van der Waals surface area contributed by atoms with E-state index in [0.717, 1.165) is 22.2 Å². The standard InChI is InChI=1S/C19H23NO2/c1-6-22-18(21)10-8-15-11-13(2)16-12-14(19(3,4)5)7-9-17(16)20-15/h7-12H,6H2,1-5H3/b10-8+. The van der Waals surface area contributed by atoms with Gasteiger partial charge in [-0.2, -0.15) is 0 Å². The molecular weight excluding hydrogens is 274 g/mol. The number of hydrogen-bond donors (Lipinski definition) is 0. The highest BCUT2D eigenvalue weighted by molar-refractivity contribution is 5.88. The number of rotatable bonds is 3. The van der Waals surface area contributed by atoms with Crippen LogP contribution in [0.3, 0.4) is 0 Å². The van der Waals surface area contributed by atoms with Gasteiger partial charge in [-0.25, -0.2) is 9.78 Å². The Hall–Kier alpha value is -2.16. The van der Waals surface area contributed by atoms with Crippen LogP contribution < -0.4 is 0 Å². The van der Waals surface area contributed by atoms with Crippen molar-refractivity contribution in [2.24, 2.45) is 0 Å². The van der Waals surface area contributed by atoms with Gasteiger partial charge in [0, 0.05) is 11.5 Å². The summed E-state index contributed by atoms with van der Waals surface area (Å²) in [5.41, 5.74) is 4.26. The van der Waals surface area contributed by atoms with Gasteiger partial charge in [-0.3, -0.25) is 0 Å². The van der Waals surface area contributed by atoms with E-state index < -0.39 is 0 Å². The van der Waals surface area contributed by atoms with Crippen molar-refractivity contribution in [3.05, 3.63) is 47.2 Å². The molecule has 0 amide bonds. The van der Waals surface area contributed by atoms with Gasteiger partial charge in [0.15, 0.2) is 0 Å². The fourth-order valence-corrected chi connectivity index (χ4v) is 2.32. The number of aromatic nitrogens is 1. The van der Waals surface area contributed by atoms with E-state index in [9.17, 15) is 4.79 Å². The monoisotopic (exact) mass is 297 g/mol. The number of nitrogens with zero attached hydrogens (tertiary/aromatic N) is 1. The van der Waals surface area contributed by atoms with Gasteiger partial charge in [-0.05, 0) is 54.7 Å². The topological polar surface area (TPSA) is 39.2 Å². The second kappa shape index (κ2) is 6.30. The van der Waals surface area contributed by atoms with E-state index in [1.807, 2.05) is 12.1 Å². The van der Waals surface area contributed by atoms with Crippen molar-refractivity contribution in [2.75, 3.05) is 6.61 Å². The zero-order chi connectivity index (χ0) is 16.3. The molecule has 0 radical (unpaired) electrons. The molecule has 22 heavy (non-hydrogen) atoms. The summed E-state index contributed by atoms with van der Waals surface area (Å²) in [5.74, 6) is -0.342. The second-order valence-electron chi connectivity index (χ2n) is 6.43. The summed E-state index contributed by atoms with van der Waals surface area (Å²) >= 11 is 0. The number of benzene rings is 1. The first kappa shape index (κ1) is 16.2. The molecule has 0 N–H and O–H groups in total. The lowest BCUT2D eigenvalue weighted by molar-refractivity contribution is -0.137. The number of pyridine rings is 1. The molecular formula is C19H23NO2. The van der Waals surface area contributed by atoms with Crippen molar-refractivity contribution in [1.29, 1.82) is 0 Å². The van der Waals surface area contributed by atoms with Crippen LogP contribution in [-0.2, 0) is 14.9 Å². The van der Waals surface area contributed by atoms with Crippen LogP contribution in [0.4, 0.5) is 0 Å². The Morgan fingerprint density at radius 2 is 2.00 bits per heavy atom. The first-order valence-electron chi connectivity index (χ1n) is 7.58. The molecule has 1 heterocycles. The van der Waals surface area contributed by atoms with E-state index in [-0.39, 0.29) is 11.4 Å². The average Bonchev–Trinajstić information content (AvgIpc) is 2.44.